The summed E-state index contributed by atoms with van der Waals surface area (Å²) in [5, 5.41) is 9.64. The van der Waals surface area contributed by atoms with Gasteiger partial charge in [0.15, 0.2) is 0 Å². The molecule has 0 radical (unpaired) electrons. The van der Waals surface area contributed by atoms with Crippen LogP contribution in [0.4, 0.5) is 0 Å². The fourth-order valence-electron chi connectivity index (χ4n) is 1.74. The van der Waals surface area contributed by atoms with Crippen LogP contribution in [-0.4, -0.2) is 11.2 Å². The molecule has 2 atom stereocenters. The summed E-state index contributed by atoms with van der Waals surface area (Å²) in [5.41, 5.74) is 2.24. The SMILES string of the molecule is O[C@@H]1Cc2cc(Br)ccc2[C@H]1NCl. The van der Waals surface area contributed by atoms with E-state index in [9.17, 15) is 5.11 Å². The van der Waals surface area contributed by atoms with Gasteiger partial charge in [-0.2, -0.15) is 0 Å². The minimum atomic E-state index is -0.415. The Morgan fingerprint density at radius 2 is 2.31 bits per heavy atom. The summed E-state index contributed by atoms with van der Waals surface area (Å²) in [6.45, 7) is 0. The molecule has 13 heavy (non-hydrogen) atoms. The third kappa shape index (κ3) is 1.62. The van der Waals surface area contributed by atoms with Gasteiger partial charge >= 0.3 is 0 Å². The van der Waals surface area contributed by atoms with Crippen LogP contribution >= 0.6 is 27.7 Å². The van der Waals surface area contributed by atoms with Gasteiger partial charge in [-0.05, 0) is 35.0 Å². The molecular formula is C9H9BrClNO. The van der Waals surface area contributed by atoms with Gasteiger partial charge in [-0.3, -0.25) is 0 Å². The molecule has 1 aromatic carbocycles. The van der Waals surface area contributed by atoms with Crippen LogP contribution in [0.3, 0.4) is 0 Å². The Hall–Kier alpha value is -0.0900. The van der Waals surface area contributed by atoms with Crippen molar-refractivity contribution < 1.29 is 5.11 Å². The smallest absolute Gasteiger partial charge is 0.0787 e. The lowest BCUT2D eigenvalue weighted by Gasteiger charge is -2.12. The van der Waals surface area contributed by atoms with Crippen molar-refractivity contribution in [3.63, 3.8) is 0 Å². The first-order chi connectivity index (χ1) is 6.22. The first-order valence-electron chi connectivity index (χ1n) is 4.05. The van der Waals surface area contributed by atoms with Gasteiger partial charge in [0.25, 0.3) is 0 Å². The molecule has 2 N–H and O–H groups in total. The number of rotatable bonds is 1. The van der Waals surface area contributed by atoms with Gasteiger partial charge in [-0.1, -0.05) is 22.0 Å². The normalized spacial score (nSPS) is 26.1. The van der Waals surface area contributed by atoms with E-state index in [2.05, 4.69) is 20.8 Å². The van der Waals surface area contributed by atoms with E-state index >= 15 is 0 Å². The zero-order valence-electron chi connectivity index (χ0n) is 6.80. The van der Waals surface area contributed by atoms with Crippen LogP contribution in [0, 0.1) is 0 Å². The van der Waals surface area contributed by atoms with Gasteiger partial charge in [0, 0.05) is 10.9 Å². The summed E-state index contributed by atoms with van der Waals surface area (Å²) < 4.78 is 1.04. The van der Waals surface area contributed by atoms with Crippen molar-refractivity contribution >= 4 is 27.7 Å². The van der Waals surface area contributed by atoms with Crippen molar-refractivity contribution in [3.05, 3.63) is 33.8 Å². The molecule has 4 heteroatoms. The summed E-state index contributed by atoms with van der Waals surface area (Å²) in [5.74, 6) is 0. The Labute approximate surface area is 90.1 Å². The van der Waals surface area contributed by atoms with E-state index in [4.69, 9.17) is 11.8 Å². The summed E-state index contributed by atoms with van der Waals surface area (Å²) in [6, 6.07) is 5.82. The van der Waals surface area contributed by atoms with E-state index in [0.717, 1.165) is 15.6 Å². The molecule has 1 aliphatic rings. The summed E-state index contributed by atoms with van der Waals surface area (Å²) in [4.78, 5) is 2.60. The van der Waals surface area contributed by atoms with Crippen LogP contribution in [-0.2, 0) is 6.42 Å². The lowest BCUT2D eigenvalue weighted by Crippen LogP contribution is -2.21. The van der Waals surface area contributed by atoms with Crippen molar-refractivity contribution in [3.8, 4) is 0 Å². The van der Waals surface area contributed by atoms with E-state index < -0.39 is 6.10 Å². The van der Waals surface area contributed by atoms with Crippen molar-refractivity contribution in [2.75, 3.05) is 0 Å². The third-order valence-electron chi connectivity index (χ3n) is 2.37. The van der Waals surface area contributed by atoms with E-state index in [0.29, 0.717) is 6.42 Å². The second-order valence-electron chi connectivity index (χ2n) is 3.20. The predicted octanol–water partition coefficient (Wildman–Crippen LogP) is 2.15. The maximum Gasteiger partial charge on any atom is 0.0787 e. The van der Waals surface area contributed by atoms with Crippen LogP contribution in [0.5, 0.6) is 0 Å². The molecule has 70 valence electrons. The highest BCUT2D eigenvalue weighted by molar-refractivity contribution is 9.10. The molecule has 0 heterocycles. The van der Waals surface area contributed by atoms with Gasteiger partial charge in [-0.25, -0.2) is 4.84 Å². The summed E-state index contributed by atoms with van der Waals surface area (Å²) in [7, 11) is 0. The number of nitrogens with one attached hydrogen (secondary N) is 1. The average molecular weight is 263 g/mol. The lowest BCUT2D eigenvalue weighted by molar-refractivity contribution is 0.152. The number of aliphatic hydroxyl groups excluding tert-OH is 1. The van der Waals surface area contributed by atoms with Gasteiger partial charge in [0.2, 0.25) is 0 Å². The maximum absolute atomic E-state index is 9.64. The van der Waals surface area contributed by atoms with Gasteiger partial charge < -0.3 is 5.11 Å². The number of aliphatic hydroxyl groups is 1. The Kier molecular flexibility index (Phi) is 2.60. The molecule has 0 saturated heterocycles. The molecule has 0 unspecified atom stereocenters. The van der Waals surface area contributed by atoms with Crippen molar-refractivity contribution in [1.29, 1.82) is 0 Å². The summed E-state index contributed by atoms with van der Waals surface area (Å²) >= 11 is 8.94. The molecule has 2 nitrogen and oxygen atoms in total. The van der Waals surface area contributed by atoms with E-state index in [1.165, 1.54) is 0 Å². The van der Waals surface area contributed by atoms with Crippen LogP contribution in [0.1, 0.15) is 17.2 Å². The number of fused-ring (bicyclic) bond motifs is 1. The van der Waals surface area contributed by atoms with Gasteiger partial charge in [0.05, 0.1) is 12.1 Å². The highest BCUT2D eigenvalue weighted by atomic mass is 79.9. The van der Waals surface area contributed by atoms with E-state index in [-0.39, 0.29) is 6.04 Å². The highest BCUT2D eigenvalue weighted by Gasteiger charge is 2.30. The zero-order valence-corrected chi connectivity index (χ0v) is 9.14. The topological polar surface area (TPSA) is 32.3 Å². The zero-order chi connectivity index (χ0) is 9.42. The molecule has 0 bridgehead atoms. The second kappa shape index (κ2) is 3.58. The Morgan fingerprint density at radius 3 is 3.00 bits per heavy atom. The van der Waals surface area contributed by atoms with Crippen molar-refractivity contribution in [2.24, 2.45) is 0 Å². The van der Waals surface area contributed by atoms with Crippen LogP contribution in [0.25, 0.3) is 0 Å². The fraction of sp³-hybridized carbons (Fsp3) is 0.333. The van der Waals surface area contributed by atoms with Crippen molar-refractivity contribution in [2.45, 2.75) is 18.6 Å². The Balaban J connectivity index is 2.42. The molecule has 0 amide bonds. The number of benzene rings is 1. The fourth-order valence-corrected chi connectivity index (χ4v) is 2.41. The van der Waals surface area contributed by atoms with Gasteiger partial charge in [-0.15, -0.1) is 0 Å². The molecule has 0 aliphatic heterocycles. The summed E-state index contributed by atoms with van der Waals surface area (Å²) in [6.07, 6.45) is 0.251. The second-order valence-corrected chi connectivity index (χ2v) is 4.34. The largest absolute Gasteiger partial charge is 0.391 e. The average Bonchev–Trinajstić information content (AvgIpc) is 2.39. The number of halogens is 2. The Morgan fingerprint density at radius 1 is 1.54 bits per heavy atom. The van der Waals surface area contributed by atoms with Gasteiger partial charge in [0.1, 0.15) is 0 Å². The molecule has 1 aliphatic carbocycles. The highest BCUT2D eigenvalue weighted by Crippen LogP contribution is 2.33. The molecule has 0 aromatic heterocycles. The molecule has 1 aromatic rings. The quantitative estimate of drug-likeness (QED) is 0.760. The maximum atomic E-state index is 9.64. The Bertz CT molecular complexity index is 331. The number of hydrogen-bond donors (Lipinski definition) is 2. The monoisotopic (exact) mass is 261 g/mol. The van der Waals surface area contributed by atoms with Crippen LogP contribution in [0.15, 0.2) is 22.7 Å². The standard InChI is InChI=1S/C9H9BrClNO/c10-6-1-2-7-5(3-6)4-8(13)9(7)12-11/h1-3,8-9,12-13H,4H2/t8-,9-/m1/s1. The van der Waals surface area contributed by atoms with Crippen LogP contribution in [0.2, 0.25) is 0 Å². The first kappa shape index (κ1) is 9.46. The van der Waals surface area contributed by atoms with E-state index in [1.807, 2.05) is 18.2 Å². The molecule has 0 spiro atoms. The molecule has 0 saturated carbocycles. The molecule has 0 fully saturated rings. The van der Waals surface area contributed by atoms with Crippen LogP contribution < -0.4 is 4.84 Å². The third-order valence-corrected chi connectivity index (χ3v) is 3.10. The lowest BCUT2D eigenvalue weighted by atomic mass is 10.1. The predicted molar refractivity (Wildman–Crippen MR) is 55.6 cm³/mol. The minimum Gasteiger partial charge on any atom is -0.391 e. The number of hydrogen-bond acceptors (Lipinski definition) is 2. The minimum absolute atomic E-state index is 0.134. The molecular weight excluding hydrogens is 253 g/mol. The first-order valence-corrected chi connectivity index (χ1v) is 5.22. The molecule has 2 rings (SSSR count). The van der Waals surface area contributed by atoms with E-state index in [1.54, 1.807) is 0 Å². The van der Waals surface area contributed by atoms with Crippen molar-refractivity contribution in [1.82, 2.24) is 4.84 Å².